The SMILES string of the molecule is C=C(NOC)c1cc(F)cc(C(F)(F)F)c1. The number of hydrogen-bond donors (Lipinski definition) is 1. The highest BCUT2D eigenvalue weighted by atomic mass is 19.4. The minimum atomic E-state index is -4.59. The molecule has 0 aliphatic rings. The smallest absolute Gasteiger partial charge is 0.279 e. The number of benzene rings is 1. The highest BCUT2D eigenvalue weighted by Crippen LogP contribution is 2.31. The number of hydrogen-bond acceptors (Lipinski definition) is 2. The van der Waals surface area contributed by atoms with Gasteiger partial charge in [0.05, 0.1) is 18.4 Å². The zero-order chi connectivity index (χ0) is 12.3. The minimum Gasteiger partial charge on any atom is -0.279 e. The van der Waals surface area contributed by atoms with Crippen molar-refractivity contribution in [2.24, 2.45) is 0 Å². The van der Waals surface area contributed by atoms with Crippen LogP contribution in [0.3, 0.4) is 0 Å². The fraction of sp³-hybridized carbons (Fsp3) is 0.200. The molecule has 0 aliphatic heterocycles. The van der Waals surface area contributed by atoms with Crippen molar-refractivity contribution in [3.05, 3.63) is 41.7 Å². The Hall–Kier alpha value is -1.56. The summed E-state index contributed by atoms with van der Waals surface area (Å²) in [5.74, 6) is -0.983. The second-order valence-electron chi connectivity index (χ2n) is 3.01. The molecule has 1 aromatic rings. The van der Waals surface area contributed by atoms with Gasteiger partial charge in [0.1, 0.15) is 5.82 Å². The van der Waals surface area contributed by atoms with E-state index in [4.69, 9.17) is 0 Å². The van der Waals surface area contributed by atoms with Gasteiger partial charge < -0.3 is 0 Å². The van der Waals surface area contributed by atoms with E-state index in [2.05, 4.69) is 16.9 Å². The van der Waals surface area contributed by atoms with Crippen LogP contribution in [0.1, 0.15) is 11.1 Å². The molecule has 6 heteroatoms. The van der Waals surface area contributed by atoms with E-state index in [1.54, 1.807) is 0 Å². The number of rotatable bonds is 3. The van der Waals surface area contributed by atoms with E-state index in [1.807, 2.05) is 0 Å². The summed E-state index contributed by atoms with van der Waals surface area (Å²) < 4.78 is 50.0. The molecule has 0 amide bonds. The monoisotopic (exact) mass is 235 g/mol. The largest absolute Gasteiger partial charge is 0.416 e. The molecule has 0 saturated heterocycles. The van der Waals surface area contributed by atoms with E-state index in [0.717, 1.165) is 12.1 Å². The van der Waals surface area contributed by atoms with Gasteiger partial charge in [0, 0.05) is 5.56 Å². The second kappa shape index (κ2) is 4.52. The first-order valence-electron chi connectivity index (χ1n) is 4.20. The Morgan fingerprint density at radius 3 is 2.44 bits per heavy atom. The van der Waals surface area contributed by atoms with Crippen LogP contribution in [0.5, 0.6) is 0 Å². The zero-order valence-corrected chi connectivity index (χ0v) is 8.36. The predicted octanol–water partition coefficient (Wildman–Crippen LogP) is 2.97. The summed E-state index contributed by atoms with van der Waals surface area (Å²) in [5.41, 5.74) is 1.20. The molecule has 0 aromatic heterocycles. The van der Waals surface area contributed by atoms with Crippen LogP contribution in [0.25, 0.3) is 5.70 Å². The normalized spacial score (nSPS) is 11.3. The summed E-state index contributed by atoms with van der Waals surface area (Å²) in [7, 11) is 1.27. The van der Waals surface area contributed by atoms with Gasteiger partial charge in [-0.25, -0.2) is 4.39 Å². The van der Waals surface area contributed by atoms with Crippen LogP contribution in [-0.4, -0.2) is 7.11 Å². The van der Waals surface area contributed by atoms with Gasteiger partial charge in [-0.15, -0.1) is 0 Å². The van der Waals surface area contributed by atoms with Crippen LogP contribution < -0.4 is 5.48 Å². The average molecular weight is 235 g/mol. The van der Waals surface area contributed by atoms with E-state index in [0.29, 0.717) is 6.07 Å². The molecule has 0 saturated carbocycles. The fourth-order valence-electron chi connectivity index (χ4n) is 1.11. The van der Waals surface area contributed by atoms with Crippen LogP contribution in [0.15, 0.2) is 24.8 Å². The van der Waals surface area contributed by atoms with E-state index < -0.39 is 17.6 Å². The third kappa shape index (κ3) is 2.96. The summed E-state index contributed by atoms with van der Waals surface area (Å²) in [6.07, 6.45) is -4.59. The molecule has 0 atom stereocenters. The standard InChI is InChI=1S/C10H9F4NO/c1-6(15-16-2)7-3-8(10(12,13)14)5-9(11)4-7/h3-5,15H,1H2,2H3. The van der Waals surface area contributed by atoms with E-state index >= 15 is 0 Å². The lowest BCUT2D eigenvalue weighted by Gasteiger charge is -2.11. The molecule has 0 unspecified atom stereocenters. The summed E-state index contributed by atoms with van der Waals surface area (Å²) in [5, 5.41) is 0. The predicted molar refractivity (Wildman–Crippen MR) is 50.6 cm³/mol. The first-order chi connectivity index (χ1) is 7.34. The number of hydroxylamine groups is 1. The topological polar surface area (TPSA) is 21.3 Å². The van der Waals surface area contributed by atoms with Crippen molar-refractivity contribution >= 4 is 5.70 Å². The molecule has 0 radical (unpaired) electrons. The maximum absolute atomic E-state index is 12.9. The van der Waals surface area contributed by atoms with Gasteiger partial charge in [0.25, 0.3) is 0 Å². The molecule has 1 N–H and O–H groups in total. The lowest BCUT2D eigenvalue weighted by Crippen LogP contribution is -2.11. The number of nitrogens with one attached hydrogen (secondary N) is 1. The molecule has 1 rings (SSSR count). The summed E-state index contributed by atoms with van der Waals surface area (Å²) >= 11 is 0. The van der Waals surface area contributed by atoms with E-state index in [1.165, 1.54) is 7.11 Å². The van der Waals surface area contributed by atoms with Gasteiger partial charge in [-0.1, -0.05) is 6.58 Å². The van der Waals surface area contributed by atoms with Crippen LogP contribution in [0.4, 0.5) is 17.6 Å². The van der Waals surface area contributed by atoms with Crippen molar-refractivity contribution < 1.29 is 22.4 Å². The number of halogens is 4. The van der Waals surface area contributed by atoms with Crippen molar-refractivity contribution in [1.29, 1.82) is 0 Å². The summed E-state index contributed by atoms with van der Waals surface area (Å²) in [6.45, 7) is 3.41. The van der Waals surface area contributed by atoms with Crippen LogP contribution in [0.2, 0.25) is 0 Å². The molecule has 0 fully saturated rings. The highest BCUT2D eigenvalue weighted by molar-refractivity contribution is 5.61. The van der Waals surface area contributed by atoms with Crippen LogP contribution >= 0.6 is 0 Å². The van der Waals surface area contributed by atoms with Crippen molar-refractivity contribution in [2.75, 3.05) is 7.11 Å². The van der Waals surface area contributed by atoms with E-state index in [9.17, 15) is 17.6 Å². The third-order valence-corrected chi connectivity index (χ3v) is 1.80. The first kappa shape index (κ1) is 12.5. The maximum atomic E-state index is 12.9. The van der Waals surface area contributed by atoms with Crippen molar-refractivity contribution in [2.45, 2.75) is 6.18 Å². The number of alkyl halides is 3. The van der Waals surface area contributed by atoms with Gasteiger partial charge in [0.15, 0.2) is 0 Å². The van der Waals surface area contributed by atoms with Gasteiger partial charge in [0.2, 0.25) is 0 Å². The minimum absolute atomic E-state index is 0.0193. The summed E-state index contributed by atoms with van der Waals surface area (Å²) in [6, 6.07) is 2.14. The molecule has 88 valence electrons. The third-order valence-electron chi connectivity index (χ3n) is 1.80. The molecule has 0 heterocycles. The molecule has 1 aromatic carbocycles. The average Bonchev–Trinajstić information content (AvgIpc) is 2.16. The quantitative estimate of drug-likeness (QED) is 0.642. The lowest BCUT2D eigenvalue weighted by atomic mass is 10.1. The van der Waals surface area contributed by atoms with Crippen molar-refractivity contribution in [3.63, 3.8) is 0 Å². The maximum Gasteiger partial charge on any atom is 0.416 e. The van der Waals surface area contributed by atoms with Gasteiger partial charge in [-0.3, -0.25) is 10.3 Å². The molecule has 16 heavy (non-hydrogen) atoms. The fourth-order valence-corrected chi connectivity index (χ4v) is 1.11. The van der Waals surface area contributed by atoms with Crippen molar-refractivity contribution in [3.8, 4) is 0 Å². The molecular formula is C10H9F4NO. The Labute approximate surface area is 89.5 Å². The molecule has 0 bridgehead atoms. The van der Waals surface area contributed by atoms with Gasteiger partial charge >= 0.3 is 6.18 Å². The zero-order valence-electron chi connectivity index (χ0n) is 8.36. The Balaban J connectivity index is 3.13. The van der Waals surface area contributed by atoms with Crippen LogP contribution in [0, 0.1) is 5.82 Å². The Kier molecular flexibility index (Phi) is 3.54. The first-order valence-corrected chi connectivity index (χ1v) is 4.20. The van der Waals surface area contributed by atoms with Crippen LogP contribution in [-0.2, 0) is 11.0 Å². The summed E-state index contributed by atoms with van der Waals surface area (Å²) in [4.78, 5) is 4.47. The van der Waals surface area contributed by atoms with Crippen molar-refractivity contribution in [1.82, 2.24) is 5.48 Å². The molecule has 0 aliphatic carbocycles. The Morgan fingerprint density at radius 1 is 1.31 bits per heavy atom. The highest BCUT2D eigenvalue weighted by Gasteiger charge is 2.31. The van der Waals surface area contributed by atoms with Gasteiger partial charge in [-0.05, 0) is 18.2 Å². The Bertz CT molecular complexity index is 400. The lowest BCUT2D eigenvalue weighted by molar-refractivity contribution is -0.137. The molecular weight excluding hydrogens is 226 g/mol. The second-order valence-corrected chi connectivity index (χ2v) is 3.01. The van der Waals surface area contributed by atoms with E-state index in [-0.39, 0.29) is 11.3 Å². The Morgan fingerprint density at radius 2 is 1.94 bits per heavy atom. The molecule has 0 spiro atoms. The molecule has 2 nitrogen and oxygen atoms in total. The van der Waals surface area contributed by atoms with Gasteiger partial charge in [-0.2, -0.15) is 13.2 Å².